The molecule has 2 amide bonds. The first kappa shape index (κ1) is 23.4. The van der Waals surface area contributed by atoms with Crippen molar-refractivity contribution in [1.29, 1.82) is 0 Å². The van der Waals surface area contributed by atoms with Gasteiger partial charge in [0.25, 0.3) is 5.91 Å². The van der Waals surface area contributed by atoms with E-state index in [4.69, 9.17) is 4.74 Å². The number of cyclic esters (lactones) is 1. The fourth-order valence-corrected chi connectivity index (χ4v) is 4.73. The van der Waals surface area contributed by atoms with Gasteiger partial charge in [-0.1, -0.05) is 0 Å². The van der Waals surface area contributed by atoms with Crippen LogP contribution in [-0.4, -0.2) is 49.0 Å². The molecule has 2 aliphatic heterocycles. The first-order valence-corrected chi connectivity index (χ1v) is 11.6. The molecule has 2 aliphatic rings. The molecule has 1 saturated heterocycles. The molecule has 2 aromatic carbocycles. The number of fused-ring (bicyclic) bond motifs is 1. The van der Waals surface area contributed by atoms with Gasteiger partial charge in [-0.05, 0) is 72.2 Å². The molecule has 1 fully saturated rings. The molecule has 0 bridgehead atoms. The van der Waals surface area contributed by atoms with Crippen molar-refractivity contribution in [3.05, 3.63) is 56.2 Å². The number of carbonyl (C=O) groups excluding carboxylic acids is 3. The average molecular weight is 569 g/mol. The highest BCUT2D eigenvalue weighted by atomic mass is 127. The lowest BCUT2D eigenvalue weighted by Crippen LogP contribution is -2.34. The summed E-state index contributed by atoms with van der Waals surface area (Å²) in [7, 11) is 0. The maximum atomic E-state index is 15.2. The number of anilines is 2. The highest BCUT2D eigenvalue weighted by molar-refractivity contribution is 14.1. The zero-order valence-electron chi connectivity index (χ0n) is 17.9. The van der Waals surface area contributed by atoms with Gasteiger partial charge in [0.1, 0.15) is 0 Å². The maximum Gasteiger partial charge on any atom is 0.342 e. The molecule has 0 aliphatic carbocycles. The van der Waals surface area contributed by atoms with Crippen LogP contribution in [0.2, 0.25) is 0 Å². The molecule has 0 unspecified atom stereocenters. The predicted molar refractivity (Wildman–Crippen MR) is 125 cm³/mol. The fourth-order valence-electron chi connectivity index (χ4n) is 4.09. The van der Waals surface area contributed by atoms with Crippen molar-refractivity contribution in [2.75, 3.05) is 31.3 Å². The van der Waals surface area contributed by atoms with E-state index in [1.807, 2.05) is 19.1 Å². The van der Waals surface area contributed by atoms with E-state index in [-0.39, 0.29) is 30.4 Å². The third kappa shape index (κ3) is 4.66. The Hall–Kier alpha value is -2.76. The Kier molecular flexibility index (Phi) is 6.82. The van der Waals surface area contributed by atoms with Gasteiger partial charge in [-0.3, -0.25) is 9.59 Å². The van der Waals surface area contributed by atoms with Crippen molar-refractivity contribution >= 4 is 51.7 Å². The quantitative estimate of drug-likeness (QED) is 0.325. The van der Waals surface area contributed by atoms with Gasteiger partial charge >= 0.3 is 5.97 Å². The van der Waals surface area contributed by atoms with Crippen molar-refractivity contribution in [3.63, 3.8) is 0 Å². The van der Waals surface area contributed by atoms with Crippen molar-refractivity contribution in [3.8, 4) is 0 Å². The van der Waals surface area contributed by atoms with E-state index < -0.39 is 29.1 Å². The number of esters is 1. The smallest absolute Gasteiger partial charge is 0.342 e. The minimum atomic E-state index is -1.33. The van der Waals surface area contributed by atoms with E-state index in [9.17, 15) is 18.8 Å². The third-order valence-corrected chi connectivity index (χ3v) is 6.42. The van der Waals surface area contributed by atoms with Gasteiger partial charge in [-0.15, -0.1) is 0 Å². The SMILES string of the molecule is Cc1cc(I)ccc1N1COC(=O)c2cc(C(=O)NCCCN3CCCC3=O)c(F)c(F)c21. The second kappa shape index (κ2) is 9.62. The molecule has 174 valence electrons. The van der Waals surface area contributed by atoms with Gasteiger partial charge in [0, 0.05) is 35.3 Å². The molecule has 2 heterocycles. The normalized spacial score (nSPS) is 15.5. The van der Waals surface area contributed by atoms with E-state index in [1.165, 1.54) is 4.90 Å². The first-order valence-electron chi connectivity index (χ1n) is 10.6. The Morgan fingerprint density at radius 3 is 2.70 bits per heavy atom. The van der Waals surface area contributed by atoms with E-state index in [0.29, 0.717) is 31.6 Å². The van der Waals surface area contributed by atoms with Gasteiger partial charge < -0.3 is 19.9 Å². The molecule has 1 N–H and O–H groups in total. The van der Waals surface area contributed by atoms with Crippen molar-refractivity contribution in [2.24, 2.45) is 0 Å². The van der Waals surface area contributed by atoms with Gasteiger partial charge in [0.05, 0.1) is 16.8 Å². The molecule has 2 aromatic rings. The number of amides is 2. The van der Waals surface area contributed by atoms with Crippen molar-refractivity contribution in [2.45, 2.75) is 26.2 Å². The van der Waals surface area contributed by atoms with Crippen LogP contribution in [-0.2, 0) is 9.53 Å². The number of ether oxygens (including phenoxy) is 1. The highest BCUT2D eigenvalue weighted by Crippen LogP contribution is 2.38. The second-order valence-corrected chi connectivity index (χ2v) is 9.21. The summed E-state index contributed by atoms with van der Waals surface area (Å²) in [5, 5.41) is 2.54. The van der Waals surface area contributed by atoms with Gasteiger partial charge in [0.15, 0.2) is 18.4 Å². The van der Waals surface area contributed by atoms with Crippen LogP contribution in [0.4, 0.5) is 20.2 Å². The zero-order valence-corrected chi connectivity index (χ0v) is 20.1. The number of carbonyl (C=O) groups is 3. The zero-order chi connectivity index (χ0) is 23.7. The largest absolute Gasteiger partial charge is 0.440 e. The summed E-state index contributed by atoms with van der Waals surface area (Å²) in [4.78, 5) is 39.7. The summed E-state index contributed by atoms with van der Waals surface area (Å²) >= 11 is 2.14. The van der Waals surface area contributed by atoms with Crippen LogP contribution in [0, 0.1) is 22.1 Å². The summed E-state index contributed by atoms with van der Waals surface area (Å²) < 4.78 is 36.3. The van der Waals surface area contributed by atoms with Crippen LogP contribution in [0.25, 0.3) is 0 Å². The summed E-state index contributed by atoms with van der Waals surface area (Å²) in [5.74, 6) is -4.20. The van der Waals surface area contributed by atoms with Crippen molar-refractivity contribution in [1.82, 2.24) is 10.2 Å². The van der Waals surface area contributed by atoms with Crippen molar-refractivity contribution < 1.29 is 27.9 Å². The van der Waals surface area contributed by atoms with Crippen LogP contribution in [0.5, 0.6) is 0 Å². The highest BCUT2D eigenvalue weighted by Gasteiger charge is 2.34. The molecule has 7 nitrogen and oxygen atoms in total. The average Bonchev–Trinajstić information content (AvgIpc) is 3.19. The van der Waals surface area contributed by atoms with Crippen LogP contribution in [0.1, 0.15) is 45.5 Å². The molecule has 4 rings (SSSR count). The number of aryl methyl sites for hydroxylation is 1. The number of hydrogen-bond acceptors (Lipinski definition) is 5. The maximum absolute atomic E-state index is 15.2. The number of hydrogen-bond donors (Lipinski definition) is 1. The molecule has 0 aromatic heterocycles. The Balaban J connectivity index is 1.56. The van der Waals surface area contributed by atoms with Crippen LogP contribution in [0.3, 0.4) is 0 Å². The molecule has 0 radical (unpaired) electrons. The monoisotopic (exact) mass is 569 g/mol. The predicted octanol–water partition coefficient (Wildman–Crippen LogP) is 3.89. The van der Waals surface area contributed by atoms with Crippen LogP contribution in [0.15, 0.2) is 24.3 Å². The number of rotatable bonds is 6. The van der Waals surface area contributed by atoms with E-state index in [2.05, 4.69) is 27.9 Å². The Morgan fingerprint density at radius 2 is 2.00 bits per heavy atom. The Morgan fingerprint density at radius 1 is 1.21 bits per heavy atom. The number of likely N-dealkylation sites (tertiary alicyclic amines) is 1. The van der Waals surface area contributed by atoms with Gasteiger partial charge in [0.2, 0.25) is 5.91 Å². The lowest BCUT2D eigenvalue weighted by Gasteiger charge is -2.32. The number of nitrogens with zero attached hydrogens (tertiary/aromatic N) is 2. The lowest BCUT2D eigenvalue weighted by atomic mass is 10.0. The Bertz CT molecular complexity index is 1140. The second-order valence-electron chi connectivity index (χ2n) is 7.96. The summed E-state index contributed by atoms with van der Waals surface area (Å²) in [6, 6.07) is 6.45. The standard InChI is InChI=1S/C23H22F2IN3O4/c1-13-10-14(26)5-6-17(13)29-12-33-23(32)16-11-15(19(24)20(25)21(16)29)22(31)27-7-3-9-28-8-2-4-18(28)30/h5-6,10-11H,2-4,7-9,12H2,1H3,(H,27,31). The first-order chi connectivity index (χ1) is 15.8. The summed E-state index contributed by atoms with van der Waals surface area (Å²) in [6.07, 6.45) is 1.83. The van der Waals surface area contributed by atoms with Crippen LogP contribution < -0.4 is 10.2 Å². The van der Waals surface area contributed by atoms with Gasteiger partial charge in [-0.2, -0.15) is 0 Å². The molecule has 0 spiro atoms. The van der Waals surface area contributed by atoms with E-state index in [0.717, 1.165) is 21.6 Å². The third-order valence-electron chi connectivity index (χ3n) is 5.75. The molecular weight excluding hydrogens is 547 g/mol. The lowest BCUT2D eigenvalue weighted by molar-refractivity contribution is -0.127. The fraction of sp³-hybridized carbons (Fsp3) is 0.348. The Labute approximate surface area is 203 Å². The number of halogens is 3. The molecule has 10 heteroatoms. The molecule has 0 saturated carbocycles. The molecule has 0 atom stereocenters. The number of benzene rings is 2. The van der Waals surface area contributed by atoms with Gasteiger partial charge in [-0.25, -0.2) is 13.6 Å². The molecule has 33 heavy (non-hydrogen) atoms. The number of nitrogens with one attached hydrogen (secondary N) is 1. The summed E-state index contributed by atoms with van der Waals surface area (Å²) in [5.41, 5.74) is 0.324. The summed E-state index contributed by atoms with van der Waals surface area (Å²) in [6.45, 7) is 2.90. The van der Waals surface area contributed by atoms with E-state index in [1.54, 1.807) is 11.0 Å². The topological polar surface area (TPSA) is 79.0 Å². The van der Waals surface area contributed by atoms with E-state index >= 15 is 4.39 Å². The molecular formula is C23H22F2IN3O4. The minimum absolute atomic E-state index is 0.0792. The van der Waals surface area contributed by atoms with Crippen LogP contribution >= 0.6 is 22.6 Å². The minimum Gasteiger partial charge on any atom is -0.440 e.